The predicted molar refractivity (Wildman–Crippen MR) is 113 cm³/mol. The molecule has 1 saturated heterocycles. The van der Waals surface area contributed by atoms with Crippen LogP contribution in [0.5, 0.6) is 0 Å². The summed E-state index contributed by atoms with van der Waals surface area (Å²) in [5.74, 6) is 0.194. The second kappa shape index (κ2) is 8.37. The Kier molecular flexibility index (Phi) is 5.75. The van der Waals surface area contributed by atoms with Crippen LogP contribution in [-0.2, 0) is 11.0 Å². The molecule has 2 amide bonds. The lowest BCUT2D eigenvalue weighted by molar-refractivity contribution is -0.136. The smallest absolute Gasteiger partial charge is 0.338 e. The number of nitrogens with one attached hydrogen (secondary N) is 1. The molecule has 0 aliphatic carbocycles. The van der Waals surface area contributed by atoms with Crippen LogP contribution in [0.25, 0.3) is 0 Å². The van der Waals surface area contributed by atoms with Crippen LogP contribution in [0.2, 0.25) is 0 Å². The van der Waals surface area contributed by atoms with E-state index in [4.69, 9.17) is 0 Å². The highest BCUT2D eigenvalue weighted by Gasteiger charge is 2.40. The Hall–Kier alpha value is -3.23. The number of alkyl halides is 3. The van der Waals surface area contributed by atoms with Gasteiger partial charge >= 0.3 is 6.18 Å². The van der Waals surface area contributed by atoms with Crippen molar-refractivity contribution in [3.63, 3.8) is 0 Å². The van der Waals surface area contributed by atoms with Crippen molar-refractivity contribution >= 4 is 23.2 Å². The molecule has 9 heteroatoms. The molecule has 1 fully saturated rings. The van der Waals surface area contributed by atoms with E-state index in [0.29, 0.717) is 23.1 Å². The number of hydrogen-bond donors (Lipinski definition) is 1. The zero-order valence-corrected chi connectivity index (χ0v) is 17.7. The van der Waals surface area contributed by atoms with Crippen molar-refractivity contribution in [2.75, 3.05) is 18.4 Å². The number of azo groups is 1. The number of likely N-dealkylation sites (tertiary alicyclic amines) is 1. The van der Waals surface area contributed by atoms with E-state index >= 15 is 0 Å². The Balaban J connectivity index is 1.50. The molecule has 2 aromatic rings. The van der Waals surface area contributed by atoms with Gasteiger partial charge < -0.3 is 10.2 Å². The second-order valence-electron chi connectivity index (χ2n) is 8.58. The molecule has 4 rings (SSSR count). The van der Waals surface area contributed by atoms with Gasteiger partial charge in [0.15, 0.2) is 6.04 Å². The van der Waals surface area contributed by atoms with Crippen LogP contribution >= 0.6 is 0 Å². The minimum atomic E-state index is -4.59. The molecule has 2 aliphatic rings. The fraction of sp³-hybridized carbons (Fsp3) is 0.391. The van der Waals surface area contributed by atoms with E-state index in [2.05, 4.69) is 29.4 Å². The van der Waals surface area contributed by atoms with Crippen molar-refractivity contribution in [2.45, 2.75) is 32.5 Å². The molecule has 0 aromatic heterocycles. The van der Waals surface area contributed by atoms with Gasteiger partial charge in [0.2, 0.25) is 0 Å². The Morgan fingerprint density at radius 2 is 1.72 bits per heavy atom. The normalized spacial score (nSPS) is 23.3. The van der Waals surface area contributed by atoms with Gasteiger partial charge in [0.05, 0.1) is 16.9 Å². The van der Waals surface area contributed by atoms with Crippen LogP contribution in [0.1, 0.15) is 47.8 Å². The highest BCUT2D eigenvalue weighted by Crippen LogP contribution is 2.43. The van der Waals surface area contributed by atoms with Gasteiger partial charge in [-0.15, -0.1) is 0 Å². The number of fused-ring (bicyclic) bond motifs is 1. The van der Waals surface area contributed by atoms with Gasteiger partial charge in [-0.2, -0.15) is 23.4 Å². The number of para-hydroxylation sites is 1. The maximum atomic E-state index is 13.2. The summed E-state index contributed by atoms with van der Waals surface area (Å²) in [6.07, 6.45) is -3.48. The summed E-state index contributed by atoms with van der Waals surface area (Å²) in [5, 5.41) is 10.3. The van der Waals surface area contributed by atoms with Crippen molar-refractivity contribution in [3.8, 4) is 0 Å². The van der Waals surface area contributed by atoms with Crippen LogP contribution in [0.15, 0.2) is 52.7 Å². The van der Waals surface area contributed by atoms with Gasteiger partial charge in [-0.05, 0) is 48.6 Å². The van der Waals surface area contributed by atoms with E-state index in [1.807, 2.05) is 4.90 Å². The standard InChI is InChI=1S/C23H23F3N4O2/c1-13-10-14(2)12-30(11-13)22(32)15-6-8-16(9-7-15)28-29-20-17-4-3-5-18(23(24,25)26)19(17)27-21(20)31/h3-9,13-14,20H,10-12H2,1-2H3,(H,27,31)/t13-,14-,20+/m1/s1. The molecule has 0 spiro atoms. The van der Waals surface area contributed by atoms with E-state index in [0.717, 1.165) is 25.6 Å². The van der Waals surface area contributed by atoms with E-state index < -0.39 is 23.7 Å². The monoisotopic (exact) mass is 444 g/mol. The number of anilines is 1. The zero-order chi connectivity index (χ0) is 23.0. The number of halogens is 3. The summed E-state index contributed by atoms with van der Waals surface area (Å²) in [4.78, 5) is 26.9. The van der Waals surface area contributed by atoms with E-state index in [1.54, 1.807) is 24.3 Å². The van der Waals surface area contributed by atoms with E-state index in [-0.39, 0.29) is 17.2 Å². The summed E-state index contributed by atoms with van der Waals surface area (Å²) in [5.41, 5.74) is -0.127. The number of hydrogen-bond acceptors (Lipinski definition) is 4. The van der Waals surface area contributed by atoms with Gasteiger partial charge in [0.1, 0.15) is 0 Å². The van der Waals surface area contributed by atoms with Crippen molar-refractivity contribution < 1.29 is 22.8 Å². The van der Waals surface area contributed by atoms with E-state index in [9.17, 15) is 22.8 Å². The topological polar surface area (TPSA) is 74.1 Å². The summed E-state index contributed by atoms with van der Waals surface area (Å²) in [6, 6.07) is 8.92. The highest BCUT2D eigenvalue weighted by molar-refractivity contribution is 6.03. The lowest BCUT2D eigenvalue weighted by atomic mass is 9.91. The maximum absolute atomic E-state index is 13.2. The van der Waals surface area contributed by atoms with Crippen molar-refractivity contribution in [2.24, 2.45) is 22.1 Å². The molecule has 2 heterocycles. The fourth-order valence-corrected chi connectivity index (χ4v) is 4.43. The molecule has 0 bridgehead atoms. The molecule has 2 aromatic carbocycles. The Bertz CT molecular complexity index is 1060. The van der Waals surface area contributed by atoms with Gasteiger partial charge in [0, 0.05) is 24.2 Å². The number of carbonyl (C=O) groups excluding carboxylic acids is 2. The fourth-order valence-electron chi connectivity index (χ4n) is 4.43. The Labute approximate surface area is 183 Å². The molecular weight excluding hydrogens is 421 g/mol. The average Bonchev–Trinajstić information content (AvgIpc) is 3.05. The second-order valence-corrected chi connectivity index (χ2v) is 8.58. The number of piperidine rings is 1. The van der Waals surface area contributed by atoms with Crippen molar-refractivity contribution in [3.05, 3.63) is 59.2 Å². The van der Waals surface area contributed by atoms with Crippen LogP contribution in [0, 0.1) is 11.8 Å². The number of rotatable bonds is 3. The summed E-state index contributed by atoms with van der Waals surface area (Å²) in [7, 11) is 0. The van der Waals surface area contributed by atoms with E-state index in [1.165, 1.54) is 12.1 Å². The first-order chi connectivity index (χ1) is 15.1. The maximum Gasteiger partial charge on any atom is 0.418 e. The Morgan fingerprint density at radius 3 is 2.34 bits per heavy atom. The average molecular weight is 444 g/mol. The quantitative estimate of drug-likeness (QED) is 0.626. The molecule has 0 saturated carbocycles. The first-order valence-corrected chi connectivity index (χ1v) is 10.4. The van der Waals surface area contributed by atoms with Gasteiger partial charge in [-0.25, -0.2) is 0 Å². The number of benzene rings is 2. The predicted octanol–water partition coefficient (Wildman–Crippen LogP) is 5.60. The van der Waals surface area contributed by atoms with Crippen LogP contribution < -0.4 is 5.32 Å². The molecule has 1 N–H and O–H groups in total. The van der Waals surface area contributed by atoms with Crippen LogP contribution in [-0.4, -0.2) is 29.8 Å². The zero-order valence-electron chi connectivity index (χ0n) is 17.7. The third kappa shape index (κ3) is 4.37. The van der Waals surface area contributed by atoms with Gasteiger partial charge in [0.25, 0.3) is 11.8 Å². The lowest BCUT2D eigenvalue weighted by Crippen LogP contribution is -2.42. The summed E-state index contributed by atoms with van der Waals surface area (Å²) < 4.78 is 39.6. The van der Waals surface area contributed by atoms with Gasteiger partial charge in [-0.1, -0.05) is 26.0 Å². The first kappa shape index (κ1) is 22.0. The largest absolute Gasteiger partial charge is 0.418 e. The molecule has 32 heavy (non-hydrogen) atoms. The third-order valence-corrected chi connectivity index (χ3v) is 5.75. The minimum Gasteiger partial charge on any atom is -0.338 e. The molecule has 2 aliphatic heterocycles. The molecule has 3 atom stereocenters. The number of carbonyl (C=O) groups is 2. The lowest BCUT2D eigenvalue weighted by Gasteiger charge is -2.35. The van der Waals surface area contributed by atoms with Crippen molar-refractivity contribution in [1.29, 1.82) is 0 Å². The van der Waals surface area contributed by atoms with Gasteiger partial charge in [-0.3, -0.25) is 9.59 Å². The number of amides is 2. The molecule has 0 unspecified atom stereocenters. The minimum absolute atomic E-state index is 0.0457. The SMILES string of the molecule is C[C@@H]1C[C@@H](C)CN(C(=O)c2ccc(N=N[C@@H]3C(=O)Nc4c3cccc4C(F)(F)F)cc2)C1. The molecule has 6 nitrogen and oxygen atoms in total. The summed E-state index contributed by atoms with van der Waals surface area (Å²) in [6.45, 7) is 5.71. The van der Waals surface area contributed by atoms with Crippen molar-refractivity contribution in [1.82, 2.24) is 4.90 Å². The Morgan fingerprint density at radius 1 is 1.06 bits per heavy atom. The number of nitrogens with zero attached hydrogens (tertiary/aromatic N) is 3. The molecule has 0 radical (unpaired) electrons. The van der Waals surface area contributed by atoms with Crippen LogP contribution in [0.3, 0.4) is 0 Å². The van der Waals surface area contributed by atoms with Crippen LogP contribution in [0.4, 0.5) is 24.5 Å². The third-order valence-electron chi connectivity index (χ3n) is 5.75. The molecular formula is C23H23F3N4O2. The first-order valence-electron chi connectivity index (χ1n) is 10.4. The summed E-state index contributed by atoms with van der Waals surface area (Å²) >= 11 is 0. The highest BCUT2D eigenvalue weighted by atomic mass is 19.4. The molecule has 168 valence electrons.